The van der Waals surface area contributed by atoms with Gasteiger partial charge in [-0.3, -0.25) is 4.79 Å². The van der Waals surface area contributed by atoms with Crippen LogP contribution in [0, 0.1) is 0 Å². The number of amides is 1. The molecule has 0 saturated heterocycles. The van der Waals surface area contributed by atoms with Crippen molar-refractivity contribution in [3.05, 3.63) is 18.3 Å². The number of likely N-dealkylation sites (N-methyl/N-ethyl adjacent to an activating group) is 2. The topological polar surface area (TPSA) is 48.5 Å². The van der Waals surface area contributed by atoms with Gasteiger partial charge in [0.25, 0.3) is 0 Å². The Balaban J connectivity index is 2.81. The summed E-state index contributed by atoms with van der Waals surface area (Å²) >= 11 is 0. The van der Waals surface area contributed by atoms with Crippen LogP contribution in [0.2, 0.25) is 0 Å². The Labute approximate surface area is 109 Å². The van der Waals surface area contributed by atoms with Crippen molar-refractivity contribution in [2.45, 2.75) is 13.8 Å². The van der Waals surface area contributed by atoms with Crippen molar-refractivity contribution < 1.29 is 4.79 Å². The smallest absolute Gasteiger partial charge is 0.241 e. The number of carbonyl (C=O) groups excluding carboxylic acids is 1. The van der Waals surface area contributed by atoms with E-state index in [2.05, 4.69) is 10.3 Å². The van der Waals surface area contributed by atoms with Crippen LogP contribution in [-0.4, -0.2) is 49.5 Å². The maximum atomic E-state index is 11.7. The number of nitrogens with one attached hydrogen (secondary N) is 1. The first-order valence-electron chi connectivity index (χ1n) is 6.23. The van der Waals surface area contributed by atoms with Crippen LogP contribution in [0.25, 0.3) is 0 Å². The van der Waals surface area contributed by atoms with Gasteiger partial charge in [-0.2, -0.15) is 0 Å². The first kappa shape index (κ1) is 14.3. The van der Waals surface area contributed by atoms with Crippen LogP contribution in [0.15, 0.2) is 18.3 Å². The van der Waals surface area contributed by atoms with Crippen LogP contribution in [0.5, 0.6) is 0 Å². The number of anilines is 2. The molecule has 0 bridgehead atoms. The van der Waals surface area contributed by atoms with E-state index in [0.29, 0.717) is 6.54 Å². The van der Waals surface area contributed by atoms with E-state index in [9.17, 15) is 4.79 Å². The van der Waals surface area contributed by atoms with E-state index in [1.54, 1.807) is 25.2 Å². The maximum Gasteiger partial charge on any atom is 0.241 e. The van der Waals surface area contributed by atoms with Gasteiger partial charge in [-0.05, 0) is 19.9 Å². The van der Waals surface area contributed by atoms with Gasteiger partial charge in [0.2, 0.25) is 5.91 Å². The normalized spacial score (nSPS) is 10.0. The quantitative estimate of drug-likeness (QED) is 0.829. The Morgan fingerprint density at radius 2 is 2.11 bits per heavy atom. The van der Waals surface area contributed by atoms with Gasteiger partial charge in [0.1, 0.15) is 5.82 Å². The SMILES string of the molecule is CCNc1cc(N(CC)CC(=O)N(C)C)ccn1. The molecule has 1 aromatic rings. The molecule has 5 nitrogen and oxygen atoms in total. The molecule has 0 radical (unpaired) electrons. The predicted octanol–water partition coefficient (Wildman–Crippen LogP) is 1.43. The lowest BCUT2D eigenvalue weighted by molar-refractivity contribution is -0.127. The minimum absolute atomic E-state index is 0.0960. The molecule has 0 aromatic carbocycles. The standard InChI is InChI=1S/C13H22N4O/c1-5-14-12-9-11(7-8-15-12)17(6-2)10-13(18)16(3)4/h7-9H,5-6,10H2,1-4H3,(H,14,15). The fraction of sp³-hybridized carbons (Fsp3) is 0.538. The molecule has 5 heteroatoms. The summed E-state index contributed by atoms with van der Waals surface area (Å²) in [5, 5.41) is 3.17. The van der Waals surface area contributed by atoms with Gasteiger partial charge in [0.15, 0.2) is 0 Å². The van der Waals surface area contributed by atoms with E-state index in [0.717, 1.165) is 24.6 Å². The molecule has 0 aliphatic rings. The van der Waals surface area contributed by atoms with E-state index in [-0.39, 0.29) is 5.91 Å². The fourth-order valence-corrected chi connectivity index (χ4v) is 1.58. The molecule has 1 aromatic heterocycles. The molecule has 1 amide bonds. The highest BCUT2D eigenvalue weighted by Gasteiger charge is 2.11. The van der Waals surface area contributed by atoms with Crippen LogP contribution in [0.1, 0.15) is 13.8 Å². The molecule has 1 N–H and O–H groups in total. The summed E-state index contributed by atoms with van der Waals surface area (Å²) < 4.78 is 0. The fourth-order valence-electron chi connectivity index (χ4n) is 1.58. The largest absolute Gasteiger partial charge is 0.370 e. The molecule has 1 heterocycles. The monoisotopic (exact) mass is 250 g/mol. The van der Waals surface area contributed by atoms with E-state index in [1.807, 2.05) is 30.9 Å². The molecule has 0 aliphatic heterocycles. The second-order valence-electron chi connectivity index (χ2n) is 4.23. The molecule has 1 rings (SSSR count). The Kier molecular flexibility index (Phi) is 5.42. The van der Waals surface area contributed by atoms with Crippen molar-refractivity contribution in [3.63, 3.8) is 0 Å². The number of pyridine rings is 1. The Morgan fingerprint density at radius 1 is 1.39 bits per heavy atom. The molecule has 100 valence electrons. The minimum atomic E-state index is 0.0960. The third-order valence-corrected chi connectivity index (χ3v) is 2.67. The molecule has 0 fully saturated rings. The van der Waals surface area contributed by atoms with Crippen molar-refractivity contribution >= 4 is 17.4 Å². The summed E-state index contributed by atoms with van der Waals surface area (Å²) in [6.07, 6.45) is 1.76. The first-order valence-corrected chi connectivity index (χ1v) is 6.23. The molecule has 0 saturated carbocycles. The Hall–Kier alpha value is -1.78. The Bertz CT molecular complexity index is 392. The Morgan fingerprint density at radius 3 is 2.67 bits per heavy atom. The number of carbonyl (C=O) groups is 1. The van der Waals surface area contributed by atoms with Crippen LogP contribution >= 0.6 is 0 Å². The van der Waals surface area contributed by atoms with Crippen molar-refractivity contribution in [1.82, 2.24) is 9.88 Å². The summed E-state index contributed by atoms with van der Waals surface area (Å²) in [5.41, 5.74) is 1.01. The van der Waals surface area contributed by atoms with Gasteiger partial charge in [0.05, 0.1) is 6.54 Å². The van der Waals surface area contributed by atoms with Crippen LogP contribution in [0.3, 0.4) is 0 Å². The highest BCUT2D eigenvalue weighted by Crippen LogP contribution is 2.17. The second kappa shape index (κ2) is 6.83. The third kappa shape index (κ3) is 3.91. The molecular weight excluding hydrogens is 228 g/mol. The number of hydrogen-bond donors (Lipinski definition) is 1. The molecular formula is C13H22N4O. The van der Waals surface area contributed by atoms with Crippen LogP contribution in [0.4, 0.5) is 11.5 Å². The van der Waals surface area contributed by atoms with Gasteiger partial charge >= 0.3 is 0 Å². The maximum absolute atomic E-state index is 11.7. The van der Waals surface area contributed by atoms with Crippen molar-refractivity contribution in [2.24, 2.45) is 0 Å². The predicted molar refractivity (Wildman–Crippen MR) is 75.0 cm³/mol. The number of rotatable bonds is 6. The average Bonchev–Trinajstić information content (AvgIpc) is 2.36. The molecule has 0 unspecified atom stereocenters. The lowest BCUT2D eigenvalue weighted by Crippen LogP contribution is -2.36. The third-order valence-electron chi connectivity index (χ3n) is 2.67. The summed E-state index contributed by atoms with van der Waals surface area (Å²) in [4.78, 5) is 19.6. The highest BCUT2D eigenvalue weighted by molar-refractivity contribution is 5.81. The number of hydrogen-bond acceptors (Lipinski definition) is 4. The highest BCUT2D eigenvalue weighted by atomic mass is 16.2. The summed E-state index contributed by atoms with van der Waals surface area (Å²) in [7, 11) is 3.54. The van der Waals surface area contributed by atoms with E-state index < -0.39 is 0 Å². The molecule has 0 aliphatic carbocycles. The van der Waals surface area contributed by atoms with Gasteiger partial charge in [-0.1, -0.05) is 0 Å². The lowest BCUT2D eigenvalue weighted by atomic mass is 10.3. The van der Waals surface area contributed by atoms with Gasteiger partial charge in [-0.15, -0.1) is 0 Å². The zero-order valence-corrected chi connectivity index (χ0v) is 11.6. The lowest BCUT2D eigenvalue weighted by Gasteiger charge is -2.24. The molecule has 18 heavy (non-hydrogen) atoms. The van der Waals surface area contributed by atoms with Crippen molar-refractivity contribution in [1.29, 1.82) is 0 Å². The zero-order chi connectivity index (χ0) is 13.5. The summed E-state index contributed by atoms with van der Waals surface area (Å²) in [6.45, 7) is 6.07. The number of aromatic nitrogens is 1. The van der Waals surface area contributed by atoms with Gasteiger partial charge in [-0.25, -0.2) is 4.98 Å². The summed E-state index contributed by atoms with van der Waals surface area (Å²) in [6, 6.07) is 3.89. The second-order valence-corrected chi connectivity index (χ2v) is 4.23. The van der Waals surface area contributed by atoms with E-state index in [1.165, 1.54) is 0 Å². The van der Waals surface area contributed by atoms with Crippen LogP contribution in [-0.2, 0) is 4.79 Å². The minimum Gasteiger partial charge on any atom is -0.370 e. The first-order chi connectivity index (χ1) is 8.58. The molecule has 0 atom stereocenters. The van der Waals surface area contributed by atoms with Crippen molar-refractivity contribution in [2.75, 3.05) is 43.9 Å². The zero-order valence-electron chi connectivity index (χ0n) is 11.6. The van der Waals surface area contributed by atoms with Crippen LogP contribution < -0.4 is 10.2 Å². The van der Waals surface area contributed by atoms with E-state index in [4.69, 9.17) is 0 Å². The summed E-state index contributed by atoms with van der Waals surface area (Å²) in [5.74, 6) is 0.935. The average molecular weight is 250 g/mol. The number of nitrogens with zero attached hydrogens (tertiary/aromatic N) is 3. The van der Waals surface area contributed by atoms with Gasteiger partial charge < -0.3 is 15.1 Å². The molecule has 0 spiro atoms. The van der Waals surface area contributed by atoms with E-state index >= 15 is 0 Å². The van der Waals surface area contributed by atoms with Crippen molar-refractivity contribution in [3.8, 4) is 0 Å². The van der Waals surface area contributed by atoms with Gasteiger partial charge in [0, 0.05) is 45.1 Å².